The van der Waals surface area contributed by atoms with E-state index < -0.39 is 71.4 Å². The number of carbonyl (C=O) groups excluding carboxylic acids is 3. The van der Waals surface area contributed by atoms with Crippen LogP contribution in [-0.2, 0) is 19.2 Å². The first kappa shape index (κ1) is 37.0. The summed E-state index contributed by atoms with van der Waals surface area (Å²) < 4.78 is 32.8. The number of halogens is 2. The molecule has 0 bridgehead atoms. The molecule has 5 rings (SSSR count). The number of thioether (sulfide) groups is 1. The van der Waals surface area contributed by atoms with Gasteiger partial charge in [-0.2, -0.15) is 0 Å². The van der Waals surface area contributed by atoms with Gasteiger partial charge in [-0.05, 0) is 71.1 Å². The van der Waals surface area contributed by atoms with Gasteiger partial charge in [-0.15, -0.1) is 11.8 Å². The van der Waals surface area contributed by atoms with Crippen LogP contribution in [0.3, 0.4) is 0 Å². The highest BCUT2D eigenvalue weighted by Gasteiger charge is 2.49. The van der Waals surface area contributed by atoms with Gasteiger partial charge in [-0.3, -0.25) is 14.4 Å². The Bertz CT molecular complexity index is 1830. The molecule has 10 nitrogen and oxygen atoms in total. The van der Waals surface area contributed by atoms with Crippen molar-refractivity contribution in [3.05, 3.63) is 131 Å². The zero-order chi connectivity index (χ0) is 36.7. The van der Waals surface area contributed by atoms with Gasteiger partial charge in [-0.25, -0.2) is 13.6 Å². The van der Waals surface area contributed by atoms with Gasteiger partial charge >= 0.3 is 5.97 Å². The molecular weight excluding hydrogens is 680 g/mol. The van der Waals surface area contributed by atoms with E-state index in [1.165, 1.54) is 60.3 Å². The number of carbonyl (C=O) groups is 4. The molecule has 0 spiro atoms. The van der Waals surface area contributed by atoms with E-state index in [1.807, 2.05) is 0 Å². The summed E-state index contributed by atoms with van der Waals surface area (Å²) in [5.41, 5.74) is 2.20. The van der Waals surface area contributed by atoms with E-state index in [1.54, 1.807) is 73.3 Å². The van der Waals surface area contributed by atoms with Crippen molar-refractivity contribution in [2.24, 2.45) is 5.92 Å². The Morgan fingerprint density at radius 2 is 1.45 bits per heavy atom. The first-order valence-electron chi connectivity index (χ1n) is 16.2. The minimum absolute atomic E-state index is 0.169. The summed E-state index contributed by atoms with van der Waals surface area (Å²) >= 11 is 1.26. The number of nitrogens with one attached hydrogen (secondary N) is 2. The lowest BCUT2D eigenvalue weighted by Gasteiger charge is -2.47. The molecule has 266 valence electrons. The minimum Gasteiger partial charge on any atom is -0.484 e. The Morgan fingerprint density at radius 3 is 2.04 bits per heavy atom. The molecule has 0 aliphatic carbocycles. The van der Waals surface area contributed by atoms with Gasteiger partial charge < -0.3 is 30.5 Å². The van der Waals surface area contributed by atoms with Crippen molar-refractivity contribution < 1.29 is 42.9 Å². The molecule has 4 aromatic carbocycles. The van der Waals surface area contributed by atoms with Crippen LogP contribution in [0.1, 0.15) is 48.7 Å². The van der Waals surface area contributed by atoms with E-state index in [-0.39, 0.29) is 11.7 Å². The van der Waals surface area contributed by atoms with Crippen molar-refractivity contribution in [2.45, 2.75) is 43.3 Å². The average Bonchev–Trinajstić information content (AvgIpc) is 3.12. The first-order chi connectivity index (χ1) is 24.4. The molecule has 0 saturated carbocycles. The zero-order valence-electron chi connectivity index (χ0n) is 27.7. The van der Waals surface area contributed by atoms with Gasteiger partial charge in [0.2, 0.25) is 11.8 Å². The lowest BCUT2D eigenvalue weighted by atomic mass is 9.92. The van der Waals surface area contributed by atoms with Gasteiger partial charge in [0.1, 0.15) is 34.7 Å². The van der Waals surface area contributed by atoms with Crippen LogP contribution in [0.15, 0.2) is 103 Å². The lowest BCUT2D eigenvalue weighted by molar-refractivity contribution is -0.143. The third-order valence-electron chi connectivity index (χ3n) is 8.36. The third kappa shape index (κ3) is 9.10. The number of nitrogens with zero attached hydrogens (tertiary/aromatic N) is 1. The van der Waals surface area contributed by atoms with E-state index in [4.69, 9.17) is 4.74 Å². The smallest absolute Gasteiger partial charge is 0.326 e. The number of anilines is 1. The number of hydrogen-bond acceptors (Lipinski definition) is 7. The summed E-state index contributed by atoms with van der Waals surface area (Å²) in [5.74, 6) is -3.49. The highest BCUT2D eigenvalue weighted by molar-refractivity contribution is 8.00. The second-order valence-electron chi connectivity index (χ2n) is 12.3. The quantitative estimate of drug-likeness (QED) is 0.121. The van der Waals surface area contributed by atoms with E-state index >= 15 is 0 Å². The predicted octanol–water partition coefficient (Wildman–Crippen LogP) is 5.35. The number of carboxylic acid groups (broad SMARTS) is 1. The standard InChI is InChI=1S/C38H37F2N3O7S/c1-22(2)32(38(48)49)42-36(46)33(24-6-4-3-5-7-24)41-31(45)20-50-29-18-10-25(11-19-29)34-35(37(47)43(34)28-16-14-27(40)15-17-28)51-21-30(44)23-8-12-26(39)13-9-23/h3-19,22,30,32-35,44H,20-21H2,1-2H3,(H,41,45)(H,42,46)(H,48,49)/t30?,32-,33+,34?,35?/m1/s1. The molecule has 0 aromatic heterocycles. The molecule has 5 atom stereocenters. The Labute approximate surface area is 297 Å². The highest BCUT2D eigenvalue weighted by atomic mass is 32.2. The molecule has 1 aliphatic heterocycles. The third-order valence-corrected chi connectivity index (χ3v) is 9.69. The average molecular weight is 718 g/mol. The second kappa shape index (κ2) is 16.6. The fourth-order valence-corrected chi connectivity index (χ4v) is 6.92. The summed E-state index contributed by atoms with van der Waals surface area (Å²) in [7, 11) is 0. The van der Waals surface area contributed by atoms with E-state index in [0.29, 0.717) is 22.6 Å². The highest BCUT2D eigenvalue weighted by Crippen LogP contribution is 2.46. The van der Waals surface area contributed by atoms with Crippen molar-refractivity contribution in [3.8, 4) is 5.75 Å². The first-order valence-corrected chi connectivity index (χ1v) is 17.2. The van der Waals surface area contributed by atoms with Crippen LogP contribution in [0.25, 0.3) is 0 Å². The maximum atomic E-state index is 13.7. The maximum absolute atomic E-state index is 13.7. The van der Waals surface area contributed by atoms with E-state index in [2.05, 4.69) is 10.6 Å². The Morgan fingerprint density at radius 1 is 0.843 bits per heavy atom. The van der Waals surface area contributed by atoms with Gasteiger partial charge in [0.05, 0.1) is 12.1 Å². The molecule has 3 unspecified atom stereocenters. The van der Waals surface area contributed by atoms with E-state index in [0.717, 1.165) is 5.56 Å². The minimum atomic E-state index is -1.19. The molecule has 0 radical (unpaired) electrons. The van der Waals surface area contributed by atoms with Gasteiger partial charge in [0.25, 0.3) is 5.91 Å². The fraction of sp³-hybridized carbons (Fsp3) is 0.263. The Kier molecular flexibility index (Phi) is 12.1. The molecule has 1 saturated heterocycles. The van der Waals surface area contributed by atoms with Gasteiger partial charge in [0.15, 0.2) is 6.61 Å². The molecular formula is C38H37F2N3O7S. The lowest BCUT2D eigenvalue weighted by Crippen LogP contribution is -2.57. The van der Waals surface area contributed by atoms with Crippen molar-refractivity contribution in [1.29, 1.82) is 0 Å². The number of carboxylic acids is 1. The molecule has 1 heterocycles. The maximum Gasteiger partial charge on any atom is 0.326 e. The Hall–Kier alpha value is -5.27. The van der Waals surface area contributed by atoms with Crippen molar-refractivity contribution in [2.75, 3.05) is 17.3 Å². The number of ether oxygens (including phenoxy) is 1. The molecule has 13 heteroatoms. The molecule has 1 aliphatic rings. The summed E-state index contributed by atoms with van der Waals surface area (Å²) in [5, 5.41) is 24.8. The zero-order valence-corrected chi connectivity index (χ0v) is 28.6. The number of aliphatic hydroxyl groups excluding tert-OH is 1. The number of benzene rings is 4. The number of hydrogen-bond donors (Lipinski definition) is 4. The van der Waals surface area contributed by atoms with Crippen molar-refractivity contribution in [3.63, 3.8) is 0 Å². The second-order valence-corrected chi connectivity index (χ2v) is 13.5. The summed E-state index contributed by atoms with van der Waals surface area (Å²) in [4.78, 5) is 52.8. The fourth-order valence-electron chi connectivity index (χ4n) is 5.62. The Balaban J connectivity index is 1.26. The number of rotatable bonds is 15. The largest absolute Gasteiger partial charge is 0.484 e. The summed E-state index contributed by atoms with van der Waals surface area (Å²) in [6.45, 7) is 2.87. The number of amides is 3. The monoisotopic (exact) mass is 717 g/mol. The SMILES string of the molecule is CC(C)[C@@H](NC(=O)[C@@H](NC(=O)COc1ccc(C2C(SCC(O)c3ccc(F)cc3)C(=O)N2c2ccc(F)cc2)cc1)c1ccccc1)C(=O)O. The van der Waals surface area contributed by atoms with Crippen LogP contribution >= 0.6 is 11.8 Å². The van der Waals surface area contributed by atoms with Crippen LogP contribution in [0.2, 0.25) is 0 Å². The number of aliphatic hydroxyl groups is 1. The van der Waals surface area contributed by atoms with Gasteiger partial charge in [-0.1, -0.05) is 68.4 Å². The topological polar surface area (TPSA) is 145 Å². The van der Waals surface area contributed by atoms with Crippen LogP contribution < -0.4 is 20.3 Å². The molecule has 1 fully saturated rings. The molecule has 51 heavy (non-hydrogen) atoms. The van der Waals surface area contributed by atoms with E-state index in [9.17, 15) is 38.2 Å². The number of β-lactam (4-membered cyclic amide) rings is 1. The van der Waals surface area contributed by atoms with Gasteiger partial charge in [0, 0.05) is 11.4 Å². The van der Waals surface area contributed by atoms with Crippen LogP contribution in [0, 0.1) is 17.6 Å². The molecule has 4 N–H and O–H groups in total. The van der Waals surface area contributed by atoms with Crippen LogP contribution in [-0.4, -0.2) is 57.6 Å². The molecule has 4 aromatic rings. The van der Waals surface area contributed by atoms with Crippen LogP contribution in [0.4, 0.5) is 14.5 Å². The number of aliphatic carboxylic acids is 1. The summed E-state index contributed by atoms with van der Waals surface area (Å²) in [6.07, 6.45) is -0.938. The van der Waals surface area contributed by atoms with Crippen LogP contribution in [0.5, 0.6) is 5.75 Å². The van der Waals surface area contributed by atoms with Crippen molar-refractivity contribution in [1.82, 2.24) is 10.6 Å². The summed E-state index contributed by atoms with van der Waals surface area (Å²) in [6, 6.07) is 23.4. The normalized spacial score (nSPS) is 17.2. The van der Waals surface area contributed by atoms with Crippen molar-refractivity contribution >= 4 is 41.1 Å². The molecule has 3 amide bonds. The predicted molar refractivity (Wildman–Crippen MR) is 188 cm³/mol.